The first-order valence-electron chi connectivity index (χ1n) is 5.34. The van der Waals surface area contributed by atoms with Gasteiger partial charge in [-0.2, -0.15) is 13.2 Å². The van der Waals surface area contributed by atoms with Crippen molar-refractivity contribution in [2.75, 3.05) is 5.32 Å². The highest BCUT2D eigenvalue weighted by atomic mass is 19.4. The average Bonchev–Trinajstić information content (AvgIpc) is 2.96. The molecule has 0 heterocycles. The van der Waals surface area contributed by atoms with Crippen LogP contribution in [0.25, 0.3) is 0 Å². The number of aryl methyl sites for hydroxylation is 1. The van der Waals surface area contributed by atoms with E-state index in [1.807, 2.05) is 0 Å². The highest BCUT2D eigenvalue weighted by Crippen LogP contribution is 2.51. The van der Waals surface area contributed by atoms with E-state index in [4.69, 9.17) is 0 Å². The summed E-state index contributed by atoms with van der Waals surface area (Å²) < 4.78 is 38.2. The highest BCUT2D eigenvalue weighted by molar-refractivity contribution is 5.56. The summed E-state index contributed by atoms with van der Waals surface area (Å²) >= 11 is 0. The fraction of sp³-hybridized carbons (Fsp3) is 0.455. The van der Waals surface area contributed by atoms with Gasteiger partial charge in [-0.05, 0) is 31.4 Å². The molecule has 0 radical (unpaired) electrons. The second-order valence-electron chi connectivity index (χ2n) is 4.52. The summed E-state index contributed by atoms with van der Waals surface area (Å²) in [7, 11) is 0. The molecule has 1 saturated carbocycles. The maximum atomic E-state index is 12.7. The fourth-order valence-electron chi connectivity index (χ4n) is 1.82. The van der Waals surface area contributed by atoms with Crippen molar-refractivity contribution in [1.29, 1.82) is 0 Å². The van der Waals surface area contributed by atoms with Crippen LogP contribution < -0.4 is 5.32 Å². The molecule has 1 fully saturated rings. The number of hydrogen-bond acceptors (Lipinski definition) is 3. The Morgan fingerprint density at radius 2 is 1.94 bits per heavy atom. The molecule has 0 spiro atoms. The molecule has 0 aromatic heterocycles. The van der Waals surface area contributed by atoms with E-state index in [9.17, 15) is 23.3 Å². The van der Waals surface area contributed by atoms with Crippen LogP contribution in [0.5, 0.6) is 0 Å². The zero-order chi connectivity index (χ0) is 13.6. The molecule has 2 rings (SSSR count). The van der Waals surface area contributed by atoms with Gasteiger partial charge in [-0.15, -0.1) is 0 Å². The third kappa shape index (κ3) is 2.25. The molecular weight excluding hydrogens is 249 g/mol. The number of non-ortho nitro benzene ring substituents is 1. The zero-order valence-electron chi connectivity index (χ0n) is 9.54. The predicted molar refractivity (Wildman–Crippen MR) is 59.5 cm³/mol. The lowest BCUT2D eigenvalue weighted by atomic mass is 10.1. The lowest BCUT2D eigenvalue weighted by molar-refractivity contribution is -0.384. The standard InChI is InChI=1S/C11H11F3N2O2/c1-7-4-8(6-9(5-7)16(17)18)15-10(2-3-10)11(12,13)14/h4-6,15H,2-3H2,1H3. The second-order valence-corrected chi connectivity index (χ2v) is 4.52. The summed E-state index contributed by atoms with van der Waals surface area (Å²) in [6.45, 7) is 1.60. The maximum Gasteiger partial charge on any atom is 0.411 e. The number of nitrogens with one attached hydrogen (secondary N) is 1. The number of hydrogen-bond donors (Lipinski definition) is 1. The summed E-state index contributed by atoms with van der Waals surface area (Å²) in [5.41, 5.74) is -1.44. The van der Waals surface area contributed by atoms with E-state index in [-0.39, 0.29) is 24.2 Å². The van der Waals surface area contributed by atoms with Gasteiger partial charge in [0.25, 0.3) is 5.69 Å². The Kier molecular flexibility index (Phi) is 2.71. The molecule has 7 heteroatoms. The molecule has 98 valence electrons. The van der Waals surface area contributed by atoms with E-state index in [0.29, 0.717) is 5.56 Å². The molecule has 1 aliphatic rings. The molecule has 0 bridgehead atoms. The number of anilines is 1. The Morgan fingerprint density at radius 3 is 2.39 bits per heavy atom. The van der Waals surface area contributed by atoms with Crippen LogP contribution in [0.1, 0.15) is 18.4 Å². The highest BCUT2D eigenvalue weighted by Gasteiger charge is 2.63. The molecule has 1 aliphatic carbocycles. The van der Waals surface area contributed by atoms with Crippen LogP contribution >= 0.6 is 0 Å². The van der Waals surface area contributed by atoms with Gasteiger partial charge in [0.15, 0.2) is 0 Å². The van der Waals surface area contributed by atoms with Crippen molar-refractivity contribution < 1.29 is 18.1 Å². The first kappa shape index (κ1) is 12.7. The lowest BCUT2D eigenvalue weighted by Crippen LogP contribution is -2.38. The zero-order valence-corrected chi connectivity index (χ0v) is 9.54. The molecule has 1 aromatic rings. The van der Waals surface area contributed by atoms with Crippen LogP contribution in [0.4, 0.5) is 24.5 Å². The van der Waals surface area contributed by atoms with E-state index in [1.54, 1.807) is 6.92 Å². The van der Waals surface area contributed by atoms with Crippen LogP contribution in [0, 0.1) is 17.0 Å². The lowest BCUT2D eigenvalue weighted by Gasteiger charge is -2.22. The van der Waals surface area contributed by atoms with Gasteiger partial charge in [-0.1, -0.05) is 0 Å². The quantitative estimate of drug-likeness (QED) is 0.669. The van der Waals surface area contributed by atoms with Crippen molar-refractivity contribution in [3.8, 4) is 0 Å². The Bertz CT molecular complexity index is 496. The average molecular weight is 260 g/mol. The summed E-state index contributed by atoms with van der Waals surface area (Å²) in [6.07, 6.45) is -4.35. The van der Waals surface area contributed by atoms with Crippen LogP contribution in [0.3, 0.4) is 0 Å². The summed E-state index contributed by atoms with van der Waals surface area (Å²) in [4.78, 5) is 10.0. The minimum atomic E-state index is -4.34. The van der Waals surface area contributed by atoms with Crippen LogP contribution in [0.2, 0.25) is 0 Å². The van der Waals surface area contributed by atoms with E-state index in [0.717, 1.165) is 6.07 Å². The van der Waals surface area contributed by atoms with Gasteiger partial charge >= 0.3 is 6.18 Å². The fourth-order valence-corrected chi connectivity index (χ4v) is 1.82. The van der Waals surface area contributed by atoms with Crippen molar-refractivity contribution in [2.24, 2.45) is 0 Å². The van der Waals surface area contributed by atoms with E-state index in [1.165, 1.54) is 12.1 Å². The minimum Gasteiger partial charge on any atom is -0.371 e. The van der Waals surface area contributed by atoms with Crippen LogP contribution in [-0.4, -0.2) is 16.6 Å². The van der Waals surface area contributed by atoms with E-state index >= 15 is 0 Å². The van der Waals surface area contributed by atoms with E-state index in [2.05, 4.69) is 5.32 Å². The number of benzene rings is 1. The summed E-state index contributed by atoms with van der Waals surface area (Å²) in [6, 6.07) is 3.91. The van der Waals surface area contributed by atoms with Gasteiger partial charge in [0, 0.05) is 17.8 Å². The van der Waals surface area contributed by atoms with Crippen molar-refractivity contribution >= 4 is 11.4 Å². The number of alkyl halides is 3. The molecule has 1 aromatic carbocycles. The van der Waals surface area contributed by atoms with Crippen LogP contribution in [0.15, 0.2) is 18.2 Å². The van der Waals surface area contributed by atoms with Crippen molar-refractivity contribution in [1.82, 2.24) is 0 Å². The molecule has 4 nitrogen and oxygen atoms in total. The number of nitro benzene ring substituents is 1. The predicted octanol–water partition coefficient (Wildman–Crippen LogP) is 3.41. The third-order valence-corrected chi connectivity index (χ3v) is 2.95. The Labute approximate surface area is 101 Å². The summed E-state index contributed by atoms with van der Waals surface area (Å²) in [5.74, 6) is 0. The molecule has 0 atom stereocenters. The number of nitrogens with zero attached hydrogens (tertiary/aromatic N) is 1. The first-order valence-corrected chi connectivity index (χ1v) is 5.34. The smallest absolute Gasteiger partial charge is 0.371 e. The molecule has 0 saturated heterocycles. The van der Waals surface area contributed by atoms with Gasteiger partial charge in [0.05, 0.1) is 4.92 Å². The SMILES string of the molecule is Cc1cc(NC2(C(F)(F)F)CC2)cc([N+](=O)[O-])c1. The molecule has 1 N–H and O–H groups in total. The number of halogens is 3. The van der Waals surface area contributed by atoms with Crippen molar-refractivity contribution in [3.63, 3.8) is 0 Å². The van der Waals surface area contributed by atoms with Gasteiger partial charge in [-0.3, -0.25) is 10.1 Å². The Hall–Kier alpha value is -1.79. The van der Waals surface area contributed by atoms with Gasteiger partial charge in [0.2, 0.25) is 0 Å². The third-order valence-electron chi connectivity index (χ3n) is 2.95. The van der Waals surface area contributed by atoms with Crippen molar-refractivity contribution in [3.05, 3.63) is 33.9 Å². The van der Waals surface area contributed by atoms with E-state index < -0.39 is 16.6 Å². The largest absolute Gasteiger partial charge is 0.411 e. The Morgan fingerprint density at radius 1 is 1.33 bits per heavy atom. The van der Waals surface area contributed by atoms with Crippen LogP contribution in [-0.2, 0) is 0 Å². The molecule has 0 amide bonds. The topological polar surface area (TPSA) is 55.2 Å². The molecule has 18 heavy (non-hydrogen) atoms. The van der Waals surface area contributed by atoms with Crippen molar-refractivity contribution in [2.45, 2.75) is 31.5 Å². The molecular formula is C11H11F3N2O2. The number of rotatable bonds is 3. The normalized spacial score (nSPS) is 17.3. The first-order chi connectivity index (χ1) is 8.23. The number of nitro groups is 1. The molecule has 0 unspecified atom stereocenters. The molecule has 0 aliphatic heterocycles. The Balaban J connectivity index is 2.28. The monoisotopic (exact) mass is 260 g/mol. The minimum absolute atomic E-state index is 0.00175. The summed E-state index contributed by atoms with van der Waals surface area (Å²) in [5, 5.41) is 13.0. The van der Waals surface area contributed by atoms with Gasteiger partial charge in [0.1, 0.15) is 5.54 Å². The van der Waals surface area contributed by atoms with Gasteiger partial charge < -0.3 is 5.32 Å². The maximum absolute atomic E-state index is 12.7. The second kappa shape index (κ2) is 3.86. The van der Waals surface area contributed by atoms with Gasteiger partial charge in [-0.25, -0.2) is 0 Å².